The zero-order chi connectivity index (χ0) is 13.5. The first kappa shape index (κ1) is 14.8. The van der Waals surface area contributed by atoms with Gasteiger partial charge in [0.1, 0.15) is 11.9 Å². The van der Waals surface area contributed by atoms with Crippen molar-refractivity contribution in [1.82, 2.24) is 0 Å². The van der Waals surface area contributed by atoms with E-state index in [4.69, 9.17) is 21.1 Å². The van der Waals surface area contributed by atoms with Crippen LogP contribution in [0.5, 0.6) is 5.75 Å². The van der Waals surface area contributed by atoms with Crippen molar-refractivity contribution in [1.29, 1.82) is 0 Å². The van der Waals surface area contributed by atoms with Crippen molar-refractivity contribution < 1.29 is 14.3 Å². The Kier molecular flexibility index (Phi) is 5.99. The molecule has 0 aliphatic heterocycles. The number of halogens is 1. The number of ether oxygens (including phenoxy) is 2. The van der Waals surface area contributed by atoms with Gasteiger partial charge in [0.15, 0.2) is 0 Å². The lowest BCUT2D eigenvalue weighted by Crippen LogP contribution is -2.24. The summed E-state index contributed by atoms with van der Waals surface area (Å²) in [6.07, 6.45) is 0.00611. The van der Waals surface area contributed by atoms with Crippen molar-refractivity contribution >= 4 is 17.8 Å². The van der Waals surface area contributed by atoms with Crippen molar-refractivity contribution in [2.45, 2.75) is 39.2 Å². The molecular weight excluding hydrogens is 252 g/mol. The summed E-state index contributed by atoms with van der Waals surface area (Å²) in [6, 6.07) is 7.04. The van der Waals surface area contributed by atoms with Crippen LogP contribution in [0.25, 0.3) is 0 Å². The fourth-order valence-electron chi connectivity index (χ4n) is 1.58. The van der Waals surface area contributed by atoms with E-state index in [1.807, 2.05) is 32.9 Å². The second kappa shape index (κ2) is 7.27. The van der Waals surface area contributed by atoms with E-state index >= 15 is 0 Å². The monoisotopic (exact) mass is 270 g/mol. The van der Waals surface area contributed by atoms with Crippen molar-refractivity contribution in [3.63, 3.8) is 0 Å². The standard InChI is InChI=1S/C14H19ClO3/c1-4-13(10(2)3)18-14(16)17-12-7-5-11(9-15)6-8-12/h5-8,10,13H,4,9H2,1-3H3. The molecule has 1 aromatic rings. The van der Waals surface area contributed by atoms with Gasteiger partial charge < -0.3 is 9.47 Å². The summed E-state index contributed by atoms with van der Waals surface area (Å²) >= 11 is 5.68. The van der Waals surface area contributed by atoms with Crippen LogP contribution in [0.1, 0.15) is 32.8 Å². The summed E-state index contributed by atoms with van der Waals surface area (Å²) < 4.78 is 10.3. The summed E-state index contributed by atoms with van der Waals surface area (Å²) in [7, 11) is 0. The third-order valence-corrected chi connectivity index (χ3v) is 2.98. The van der Waals surface area contributed by atoms with Gasteiger partial charge in [0, 0.05) is 5.88 Å². The van der Waals surface area contributed by atoms with Crippen molar-refractivity contribution in [2.24, 2.45) is 5.92 Å². The predicted molar refractivity (Wildman–Crippen MR) is 72.0 cm³/mol. The first-order valence-electron chi connectivity index (χ1n) is 6.10. The second-order valence-electron chi connectivity index (χ2n) is 4.44. The smallest absolute Gasteiger partial charge is 0.430 e. The molecule has 0 aliphatic carbocycles. The highest BCUT2D eigenvalue weighted by molar-refractivity contribution is 6.17. The normalized spacial score (nSPS) is 12.3. The Morgan fingerprint density at radius 3 is 2.33 bits per heavy atom. The Morgan fingerprint density at radius 2 is 1.89 bits per heavy atom. The lowest BCUT2D eigenvalue weighted by atomic mass is 10.1. The molecule has 0 aliphatic rings. The highest BCUT2D eigenvalue weighted by Crippen LogP contribution is 2.16. The van der Waals surface area contributed by atoms with Gasteiger partial charge in [0.2, 0.25) is 0 Å². The molecule has 1 unspecified atom stereocenters. The largest absolute Gasteiger partial charge is 0.514 e. The fourth-order valence-corrected chi connectivity index (χ4v) is 1.76. The molecule has 0 N–H and O–H groups in total. The molecule has 0 heterocycles. The minimum atomic E-state index is -0.658. The number of hydrogen-bond acceptors (Lipinski definition) is 3. The molecule has 4 heteroatoms. The zero-order valence-corrected chi connectivity index (χ0v) is 11.7. The van der Waals surface area contributed by atoms with Crippen LogP contribution in [0.4, 0.5) is 4.79 Å². The van der Waals surface area contributed by atoms with E-state index in [1.165, 1.54) is 0 Å². The van der Waals surface area contributed by atoms with E-state index in [1.54, 1.807) is 12.1 Å². The van der Waals surface area contributed by atoms with Crippen molar-refractivity contribution in [3.05, 3.63) is 29.8 Å². The summed E-state index contributed by atoms with van der Waals surface area (Å²) in [5, 5.41) is 0. The van der Waals surface area contributed by atoms with Crippen LogP contribution in [0, 0.1) is 5.92 Å². The van der Waals surface area contributed by atoms with Crippen LogP contribution in [0.15, 0.2) is 24.3 Å². The number of hydrogen-bond donors (Lipinski definition) is 0. The Balaban J connectivity index is 2.53. The van der Waals surface area contributed by atoms with Gasteiger partial charge in [-0.25, -0.2) is 4.79 Å². The quantitative estimate of drug-likeness (QED) is 0.453. The van der Waals surface area contributed by atoms with Gasteiger partial charge in [-0.15, -0.1) is 11.6 Å². The van der Waals surface area contributed by atoms with Gasteiger partial charge in [-0.3, -0.25) is 0 Å². The van der Waals surface area contributed by atoms with Crippen molar-refractivity contribution in [2.75, 3.05) is 0 Å². The highest BCUT2D eigenvalue weighted by atomic mass is 35.5. The molecule has 0 amide bonds. The maximum atomic E-state index is 11.6. The van der Waals surface area contributed by atoms with Gasteiger partial charge in [-0.1, -0.05) is 32.9 Å². The van der Waals surface area contributed by atoms with E-state index < -0.39 is 6.16 Å². The van der Waals surface area contributed by atoms with E-state index in [9.17, 15) is 4.79 Å². The number of carbonyl (C=O) groups excluding carboxylic acids is 1. The number of alkyl halides is 1. The SMILES string of the molecule is CCC(OC(=O)Oc1ccc(CCl)cc1)C(C)C. The first-order chi connectivity index (χ1) is 8.56. The maximum Gasteiger partial charge on any atom is 0.514 e. The number of rotatable bonds is 5. The van der Waals surface area contributed by atoms with E-state index in [0.29, 0.717) is 11.6 Å². The first-order valence-corrected chi connectivity index (χ1v) is 6.63. The molecule has 0 radical (unpaired) electrons. The highest BCUT2D eigenvalue weighted by Gasteiger charge is 2.17. The minimum absolute atomic E-state index is 0.111. The molecule has 18 heavy (non-hydrogen) atoms. The Morgan fingerprint density at radius 1 is 1.28 bits per heavy atom. The van der Waals surface area contributed by atoms with Crippen LogP contribution < -0.4 is 4.74 Å². The zero-order valence-electron chi connectivity index (χ0n) is 11.0. The van der Waals surface area contributed by atoms with Gasteiger partial charge in [-0.05, 0) is 30.0 Å². The second-order valence-corrected chi connectivity index (χ2v) is 4.71. The van der Waals surface area contributed by atoms with E-state index in [0.717, 1.165) is 12.0 Å². The van der Waals surface area contributed by atoms with Gasteiger partial charge in [0.25, 0.3) is 0 Å². The molecule has 100 valence electrons. The molecule has 1 atom stereocenters. The van der Waals surface area contributed by atoms with E-state index in [2.05, 4.69) is 0 Å². The lowest BCUT2D eigenvalue weighted by molar-refractivity contribution is 0.0358. The van der Waals surface area contributed by atoms with Crippen LogP contribution in [0.2, 0.25) is 0 Å². The third kappa shape index (κ3) is 4.57. The Bertz CT molecular complexity index is 373. The molecule has 0 bridgehead atoms. The minimum Gasteiger partial charge on any atom is -0.430 e. The molecule has 0 saturated carbocycles. The molecule has 1 rings (SSSR count). The van der Waals surface area contributed by atoms with Crippen LogP contribution in [-0.2, 0) is 10.6 Å². The van der Waals surface area contributed by atoms with Crippen LogP contribution >= 0.6 is 11.6 Å². The average molecular weight is 271 g/mol. The Hall–Kier alpha value is -1.22. The fraction of sp³-hybridized carbons (Fsp3) is 0.500. The van der Waals surface area contributed by atoms with Crippen LogP contribution in [0.3, 0.4) is 0 Å². The molecule has 0 spiro atoms. The molecule has 0 aromatic heterocycles. The topological polar surface area (TPSA) is 35.5 Å². The summed E-state index contributed by atoms with van der Waals surface area (Å²) in [5.74, 6) is 1.18. The third-order valence-electron chi connectivity index (χ3n) is 2.67. The molecule has 3 nitrogen and oxygen atoms in total. The number of benzene rings is 1. The predicted octanol–water partition coefficient (Wildman–Crippen LogP) is 4.38. The Labute approximate surface area is 113 Å². The number of carbonyl (C=O) groups is 1. The van der Waals surface area contributed by atoms with Crippen LogP contribution in [-0.4, -0.2) is 12.3 Å². The summed E-state index contributed by atoms with van der Waals surface area (Å²) in [5.41, 5.74) is 0.978. The summed E-state index contributed by atoms with van der Waals surface area (Å²) in [4.78, 5) is 11.6. The molecule has 0 saturated heterocycles. The van der Waals surface area contributed by atoms with E-state index in [-0.39, 0.29) is 12.0 Å². The lowest BCUT2D eigenvalue weighted by Gasteiger charge is -2.19. The van der Waals surface area contributed by atoms with Gasteiger partial charge >= 0.3 is 6.16 Å². The molecular formula is C14H19ClO3. The summed E-state index contributed by atoms with van der Waals surface area (Å²) in [6.45, 7) is 6.00. The maximum absolute atomic E-state index is 11.6. The average Bonchev–Trinajstić information content (AvgIpc) is 2.36. The van der Waals surface area contributed by atoms with Gasteiger partial charge in [0.05, 0.1) is 0 Å². The van der Waals surface area contributed by atoms with Crippen molar-refractivity contribution in [3.8, 4) is 5.75 Å². The van der Waals surface area contributed by atoms with Gasteiger partial charge in [-0.2, -0.15) is 0 Å². The molecule has 0 fully saturated rings. The molecule has 1 aromatic carbocycles.